The first-order valence-corrected chi connectivity index (χ1v) is 9.39. The molecule has 3 heteroatoms. The van der Waals surface area contributed by atoms with Crippen molar-refractivity contribution >= 4 is 0 Å². The summed E-state index contributed by atoms with van der Waals surface area (Å²) < 4.78 is 0. The van der Waals surface area contributed by atoms with Crippen LogP contribution in [0.5, 0.6) is 0 Å². The molecule has 4 fully saturated rings. The van der Waals surface area contributed by atoms with E-state index in [1.807, 2.05) is 0 Å². The summed E-state index contributed by atoms with van der Waals surface area (Å²) in [6.07, 6.45) is 8.06. The molecule has 3 N–H and O–H groups in total. The number of hydrogen-bond donors (Lipinski definition) is 3. The summed E-state index contributed by atoms with van der Waals surface area (Å²) in [5.74, 6) is 1.82. The normalized spacial score (nSPS) is 61.2. The molecule has 0 saturated heterocycles. The number of fused-ring (bicyclic) bond motifs is 5. The van der Waals surface area contributed by atoms with Crippen LogP contribution in [-0.2, 0) is 0 Å². The highest BCUT2D eigenvalue weighted by Crippen LogP contribution is 2.67. The van der Waals surface area contributed by atoms with Gasteiger partial charge in [0, 0.05) is 11.8 Å². The zero-order valence-electron chi connectivity index (χ0n) is 14.1. The molecule has 4 rings (SSSR count). The Morgan fingerprint density at radius 3 is 2.45 bits per heavy atom. The first kappa shape index (κ1) is 15.4. The van der Waals surface area contributed by atoms with Crippen molar-refractivity contribution in [3.63, 3.8) is 0 Å². The maximum atomic E-state index is 11.3. The Balaban J connectivity index is 1.71. The van der Waals surface area contributed by atoms with Crippen molar-refractivity contribution in [1.29, 1.82) is 0 Å². The second kappa shape index (κ2) is 4.70. The lowest BCUT2D eigenvalue weighted by Crippen LogP contribution is -2.68. The molecule has 3 nitrogen and oxygen atoms in total. The minimum atomic E-state index is -1.09. The van der Waals surface area contributed by atoms with E-state index in [0.717, 1.165) is 25.2 Å². The van der Waals surface area contributed by atoms with E-state index in [-0.39, 0.29) is 5.41 Å². The van der Waals surface area contributed by atoms with Crippen molar-refractivity contribution in [1.82, 2.24) is 0 Å². The van der Waals surface area contributed by atoms with Crippen molar-refractivity contribution in [3.8, 4) is 0 Å². The second-order valence-electron chi connectivity index (χ2n) is 9.45. The van der Waals surface area contributed by atoms with E-state index in [1.165, 1.54) is 32.1 Å². The summed E-state index contributed by atoms with van der Waals surface area (Å²) >= 11 is 0. The second-order valence-corrected chi connectivity index (χ2v) is 9.45. The van der Waals surface area contributed by atoms with Gasteiger partial charge in [-0.05, 0) is 68.1 Å². The minimum absolute atomic E-state index is 0.224. The topological polar surface area (TPSA) is 60.7 Å². The van der Waals surface area contributed by atoms with Crippen LogP contribution in [0, 0.1) is 28.6 Å². The lowest BCUT2D eigenvalue weighted by atomic mass is 9.43. The summed E-state index contributed by atoms with van der Waals surface area (Å²) in [5.41, 5.74) is -0.836. The lowest BCUT2D eigenvalue weighted by molar-refractivity contribution is -0.263. The van der Waals surface area contributed by atoms with E-state index in [9.17, 15) is 15.3 Å². The van der Waals surface area contributed by atoms with Crippen molar-refractivity contribution in [2.45, 2.75) is 89.4 Å². The molecule has 126 valence electrons. The van der Waals surface area contributed by atoms with Gasteiger partial charge in [0.2, 0.25) is 0 Å². The summed E-state index contributed by atoms with van der Waals surface area (Å²) in [5, 5.41) is 32.2. The fraction of sp³-hybridized carbons (Fsp3) is 1.00. The third-order valence-electron chi connectivity index (χ3n) is 8.62. The van der Waals surface area contributed by atoms with Crippen LogP contribution in [0.2, 0.25) is 0 Å². The molecule has 0 spiro atoms. The Bertz CT molecular complexity index is 466. The first-order chi connectivity index (χ1) is 10.3. The fourth-order valence-corrected chi connectivity index (χ4v) is 7.25. The molecule has 0 heterocycles. The van der Waals surface area contributed by atoms with Crippen molar-refractivity contribution < 1.29 is 15.3 Å². The van der Waals surface area contributed by atoms with Crippen LogP contribution in [0.1, 0.15) is 71.6 Å². The third-order valence-corrected chi connectivity index (χ3v) is 8.62. The maximum Gasteiger partial charge on any atom is 0.0985 e. The van der Waals surface area contributed by atoms with E-state index < -0.39 is 17.8 Å². The lowest BCUT2D eigenvalue weighted by Gasteiger charge is -2.65. The van der Waals surface area contributed by atoms with Gasteiger partial charge in [0.15, 0.2) is 0 Å². The van der Waals surface area contributed by atoms with Crippen LogP contribution >= 0.6 is 0 Å². The third kappa shape index (κ3) is 1.79. The van der Waals surface area contributed by atoms with Gasteiger partial charge < -0.3 is 15.3 Å². The Hall–Kier alpha value is -0.120. The van der Waals surface area contributed by atoms with Crippen molar-refractivity contribution in [2.24, 2.45) is 28.6 Å². The van der Waals surface area contributed by atoms with Crippen LogP contribution in [0.15, 0.2) is 0 Å². The van der Waals surface area contributed by atoms with Gasteiger partial charge in [-0.1, -0.05) is 20.3 Å². The molecule has 7 unspecified atom stereocenters. The van der Waals surface area contributed by atoms with Crippen LogP contribution in [0.3, 0.4) is 0 Å². The zero-order chi connectivity index (χ0) is 15.8. The Kier molecular flexibility index (Phi) is 3.30. The molecule has 0 aromatic carbocycles. The smallest absolute Gasteiger partial charge is 0.0985 e. The molecular weight excluding hydrogens is 276 g/mol. The average molecular weight is 308 g/mol. The van der Waals surface area contributed by atoms with E-state index in [0.29, 0.717) is 23.7 Å². The Morgan fingerprint density at radius 1 is 0.909 bits per heavy atom. The van der Waals surface area contributed by atoms with Crippen LogP contribution < -0.4 is 0 Å². The predicted octanol–water partition coefficient (Wildman–Crippen LogP) is 2.87. The standard InChI is InChI=1S/C19H32O3/c1-17-7-3-4-14(17)13-10-16(21)19(22)11-12(20)5-9-18(19,2)15(13)6-8-17/h12-16,20-22H,3-11H2,1-2H3/t12?,13?,14?,15?,16?,17?,18?,19-/m0/s1. The summed E-state index contributed by atoms with van der Waals surface area (Å²) in [6.45, 7) is 4.66. The number of aliphatic hydroxyl groups is 3. The van der Waals surface area contributed by atoms with Crippen LogP contribution in [0.25, 0.3) is 0 Å². The first-order valence-electron chi connectivity index (χ1n) is 9.39. The number of rotatable bonds is 0. The SMILES string of the molecule is CC12CCCC1C1CC(O)[C@@]3(O)CC(O)CCC3(C)C1CC2. The molecule has 0 bridgehead atoms. The molecule has 0 radical (unpaired) electrons. The molecule has 0 aromatic rings. The van der Waals surface area contributed by atoms with Gasteiger partial charge in [-0.2, -0.15) is 0 Å². The monoisotopic (exact) mass is 308 g/mol. The zero-order valence-corrected chi connectivity index (χ0v) is 14.1. The van der Waals surface area contributed by atoms with E-state index >= 15 is 0 Å². The van der Waals surface area contributed by atoms with Gasteiger partial charge in [-0.25, -0.2) is 0 Å². The van der Waals surface area contributed by atoms with Gasteiger partial charge in [0.25, 0.3) is 0 Å². The number of hydrogen-bond acceptors (Lipinski definition) is 3. The Morgan fingerprint density at radius 2 is 1.68 bits per heavy atom. The van der Waals surface area contributed by atoms with Gasteiger partial charge in [-0.3, -0.25) is 0 Å². The highest BCUT2D eigenvalue weighted by Gasteiger charge is 2.66. The fourth-order valence-electron chi connectivity index (χ4n) is 7.25. The van der Waals surface area contributed by atoms with E-state index in [2.05, 4.69) is 13.8 Å². The van der Waals surface area contributed by atoms with Crippen LogP contribution in [0.4, 0.5) is 0 Å². The van der Waals surface area contributed by atoms with Gasteiger partial charge in [-0.15, -0.1) is 0 Å². The average Bonchev–Trinajstić information content (AvgIpc) is 2.84. The van der Waals surface area contributed by atoms with Crippen LogP contribution in [-0.4, -0.2) is 33.1 Å². The summed E-state index contributed by atoms with van der Waals surface area (Å²) in [7, 11) is 0. The largest absolute Gasteiger partial charge is 0.393 e. The quantitative estimate of drug-likeness (QED) is 0.645. The summed E-state index contributed by atoms with van der Waals surface area (Å²) in [6, 6.07) is 0. The molecule has 4 aliphatic carbocycles. The molecular formula is C19H32O3. The highest BCUT2D eigenvalue weighted by atomic mass is 16.3. The Labute approximate surface area is 134 Å². The van der Waals surface area contributed by atoms with Crippen molar-refractivity contribution in [2.75, 3.05) is 0 Å². The van der Waals surface area contributed by atoms with E-state index in [4.69, 9.17) is 0 Å². The number of aliphatic hydroxyl groups excluding tert-OH is 2. The maximum absolute atomic E-state index is 11.3. The van der Waals surface area contributed by atoms with E-state index in [1.54, 1.807) is 0 Å². The minimum Gasteiger partial charge on any atom is -0.393 e. The highest BCUT2D eigenvalue weighted by molar-refractivity contribution is 5.16. The van der Waals surface area contributed by atoms with Gasteiger partial charge >= 0.3 is 0 Å². The summed E-state index contributed by atoms with van der Waals surface area (Å²) in [4.78, 5) is 0. The molecule has 0 amide bonds. The molecule has 4 aliphatic rings. The predicted molar refractivity (Wildman–Crippen MR) is 85.2 cm³/mol. The molecule has 22 heavy (non-hydrogen) atoms. The van der Waals surface area contributed by atoms with Gasteiger partial charge in [0.05, 0.1) is 17.8 Å². The molecule has 8 atom stereocenters. The molecule has 0 aliphatic heterocycles. The van der Waals surface area contributed by atoms with Gasteiger partial charge in [0.1, 0.15) is 0 Å². The molecule has 0 aromatic heterocycles. The van der Waals surface area contributed by atoms with Crippen molar-refractivity contribution in [3.05, 3.63) is 0 Å². The molecule has 4 saturated carbocycles.